The zero-order valence-corrected chi connectivity index (χ0v) is 16.3. The molecule has 29 heavy (non-hydrogen) atoms. The molecule has 0 radical (unpaired) electrons. The van der Waals surface area contributed by atoms with E-state index in [0.29, 0.717) is 11.3 Å². The number of carbonyl (C=O) groups excluding carboxylic acids is 1. The van der Waals surface area contributed by atoms with Crippen molar-refractivity contribution in [3.63, 3.8) is 0 Å². The quantitative estimate of drug-likeness (QED) is 0.338. The summed E-state index contributed by atoms with van der Waals surface area (Å²) in [7, 11) is -3.65. The largest absolute Gasteiger partial charge is 0.279 e. The van der Waals surface area contributed by atoms with Crippen molar-refractivity contribution in [1.82, 2.24) is 5.43 Å². The van der Waals surface area contributed by atoms with Crippen molar-refractivity contribution in [2.75, 3.05) is 4.72 Å². The van der Waals surface area contributed by atoms with E-state index in [-0.39, 0.29) is 15.5 Å². The Hall–Kier alpha value is -3.57. The number of sulfonamides is 1. The number of rotatable bonds is 7. The van der Waals surface area contributed by atoms with Crippen molar-refractivity contribution in [2.24, 2.45) is 5.10 Å². The van der Waals surface area contributed by atoms with Gasteiger partial charge < -0.3 is 0 Å². The second-order valence-corrected chi connectivity index (χ2v) is 8.52. The average Bonchev–Trinajstić information content (AvgIpc) is 3.24. The third kappa shape index (κ3) is 5.24. The Morgan fingerprint density at radius 2 is 1.76 bits per heavy atom. The van der Waals surface area contributed by atoms with Crippen molar-refractivity contribution in [2.45, 2.75) is 4.21 Å². The van der Waals surface area contributed by atoms with Gasteiger partial charge in [-0.05, 0) is 53.4 Å². The van der Waals surface area contributed by atoms with Crippen LogP contribution in [0, 0.1) is 10.1 Å². The minimum Gasteiger partial charge on any atom is -0.279 e. The van der Waals surface area contributed by atoms with Crippen LogP contribution in [0.2, 0.25) is 0 Å². The first-order valence-corrected chi connectivity index (χ1v) is 10.5. The molecule has 1 aromatic heterocycles. The van der Waals surface area contributed by atoms with Crippen LogP contribution in [0.15, 0.2) is 75.4 Å². The summed E-state index contributed by atoms with van der Waals surface area (Å²) in [5, 5.41) is 16.1. The lowest BCUT2D eigenvalue weighted by atomic mass is 10.2. The van der Waals surface area contributed by atoms with Gasteiger partial charge in [0.05, 0.1) is 11.1 Å². The minimum absolute atomic E-state index is 0.0408. The van der Waals surface area contributed by atoms with Gasteiger partial charge in [0.1, 0.15) is 4.21 Å². The topological polar surface area (TPSA) is 131 Å². The molecule has 0 bridgehead atoms. The molecule has 9 nitrogen and oxygen atoms in total. The average molecular weight is 430 g/mol. The maximum atomic E-state index is 12.2. The summed E-state index contributed by atoms with van der Waals surface area (Å²) in [4.78, 5) is 22.2. The van der Waals surface area contributed by atoms with E-state index in [1.54, 1.807) is 11.4 Å². The second kappa shape index (κ2) is 8.63. The maximum Gasteiger partial charge on any atom is 0.271 e. The van der Waals surface area contributed by atoms with Crippen LogP contribution in [0.4, 0.5) is 11.4 Å². The van der Waals surface area contributed by atoms with Gasteiger partial charge in [-0.15, -0.1) is 11.3 Å². The molecule has 0 unspecified atom stereocenters. The van der Waals surface area contributed by atoms with Crippen molar-refractivity contribution in [1.29, 1.82) is 0 Å². The summed E-state index contributed by atoms with van der Waals surface area (Å²) in [5.74, 6) is -0.490. The van der Waals surface area contributed by atoms with Crippen molar-refractivity contribution < 1.29 is 18.1 Å². The van der Waals surface area contributed by atoms with Crippen LogP contribution in [0.25, 0.3) is 0 Å². The van der Waals surface area contributed by atoms with E-state index in [9.17, 15) is 23.3 Å². The van der Waals surface area contributed by atoms with Gasteiger partial charge in [-0.1, -0.05) is 6.07 Å². The number of benzene rings is 2. The molecule has 0 atom stereocenters. The number of hydrogen-bond donors (Lipinski definition) is 2. The highest BCUT2D eigenvalue weighted by Gasteiger charge is 2.15. The molecule has 0 spiro atoms. The third-order valence-corrected chi connectivity index (χ3v) is 6.42. The van der Waals surface area contributed by atoms with E-state index < -0.39 is 20.9 Å². The summed E-state index contributed by atoms with van der Waals surface area (Å²) in [6.45, 7) is 0. The molecular formula is C18H14N4O5S2. The first-order valence-electron chi connectivity index (χ1n) is 8.09. The van der Waals surface area contributed by atoms with Crippen LogP contribution in [-0.4, -0.2) is 25.5 Å². The van der Waals surface area contributed by atoms with Gasteiger partial charge in [0.2, 0.25) is 0 Å². The fourth-order valence-corrected chi connectivity index (χ4v) is 4.28. The van der Waals surface area contributed by atoms with Crippen molar-refractivity contribution in [3.05, 3.63) is 87.3 Å². The number of nitrogens with zero attached hydrogens (tertiary/aromatic N) is 2. The van der Waals surface area contributed by atoms with Gasteiger partial charge >= 0.3 is 0 Å². The lowest BCUT2D eigenvalue weighted by Gasteiger charge is -2.07. The number of nitro benzene ring substituents is 1. The van der Waals surface area contributed by atoms with Crippen LogP contribution in [0.3, 0.4) is 0 Å². The number of anilines is 1. The van der Waals surface area contributed by atoms with E-state index in [2.05, 4.69) is 15.2 Å². The Bertz CT molecular complexity index is 1140. The summed E-state index contributed by atoms with van der Waals surface area (Å²) in [6, 6.07) is 14.7. The third-order valence-electron chi connectivity index (χ3n) is 3.64. The highest BCUT2D eigenvalue weighted by molar-refractivity contribution is 7.94. The molecule has 148 valence electrons. The van der Waals surface area contributed by atoms with Crippen LogP contribution < -0.4 is 10.1 Å². The Morgan fingerprint density at radius 3 is 2.34 bits per heavy atom. The van der Waals surface area contributed by atoms with Crippen LogP contribution >= 0.6 is 11.3 Å². The van der Waals surface area contributed by atoms with Crippen LogP contribution in [-0.2, 0) is 10.0 Å². The summed E-state index contributed by atoms with van der Waals surface area (Å²) in [5.41, 5.74) is 3.48. The van der Waals surface area contributed by atoms with Gasteiger partial charge in [0, 0.05) is 23.4 Å². The molecule has 3 rings (SSSR count). The first kappa shape index (κ1) is 20.2. The zero-order valence-electron chi connectivity index (χ0n) is 14.7. The van der Waals surface area contributed by atoms with Gasteiger partial charge in [0.25, 0.3) is 21.6 Å². The molecular weight excluding hydrogens is 416 g/mol. The molecule has 3 aromatic rings. The number of thiophene rings is 1. The summed E-state index contributed by atoms with van der Waals surface area (Å²) >= 11 is 1.10. The molecule has 0 aliphatic heterocycles. The van der Waals surface area contributed by atoms with Crippen molar-refractivity contribution >= 4 is 44.9 Å². The number of nitro groups is 1. The van der Waals surface area contributed by atoms with Crippen LogP contribution in [0.1, 0.15) is 15.9 Å². The van der Waals surface area contributed by atoms with E-state index in [4.69, 9.17) is 0 Å². The predicted molar refractivity (Wildman–Crippen MR) is 110 cm³/mol. The van der Waals surface area contributed by atoms with E-state index in [1.165, 1.54) is 60.8 Å². The Balaban J connectivity index is 1.59. The molecule has 1 amide bonds. The molecule has 0 fully saturated rings. The number of hydrazone groups is 1. The van der Waals surface area contributed by atoms with Gasteiger partial charge in [0.15, 0.2) is 0 Å². The predicted octanol–water partition coefficient (Wildman–Crippen LogP) is 3.22. The van der Waals surface area contributed by atoms with Gasteiger partial charge in [-0.25, -0.2) is 13.8 Å². The maximum absolute atomic E-state index is 12.2. The number of hydrogen-bond acceptors (Lipinski definition) is 7. The Labute approximate surface area is 169 Å². The van der Waals surface area contributed by atoms with Crippen molar-refractivity contribution in [3.8, 4) is 0 Å². The Kier molecular flexibility index (Phi) is 6.00. The lowest BCUT2D eigenvalue weighted by molar-refractivity contribution is -0.384. The molecule has 11 heteroatoms. The number of non-ortho nitro benzene ring substituents is 1. The highest BCUT2D eigenvalue weighted by atomic mass is 32.2. The van der Waals surface area contributed by atoms with E-state index in [1.807, 2.05) is 0 Å². The first-order chi connectivity index (χ1) is 13.8. The molecule has 0 aliphatic carbocycles. The SMILES string of the molecule is O=C(NN=Cc1ccc([N+](=O)[O-])cc1)c1ccc(NS(=O)(=O)c2cccs2)cc1. The fourth-order valence-electron chi connectivity index (χ4n) is 2.22. The molecule has 0 saturated carbocycles. The number of carbonyl (C=O) groups is 1. The summed E-state index contributed by atoms with van der Waals surface area (Å²) < 4.78 is 27.0. The lowest BCUT2D eigenvalue weighted by Crippen LogP contribution is -2.17. The van der Waals surface area contributed by atoms with E-state index in [0.717, 1.165) is 11.3 Å². The monoisotopic (exact) mass is 430 g/mol. The van der Waals surface area contributed by atoms with Gasteiger partial charge in [-0.3, -0.25) is 19.6 Å². The number of amides is 1. The normalized spacial score (nSPS) is 11.3. The highest BCUT2D eigenvalue weighted by Crippen LogP contribution is 2.20. The zero-order chi connectivity index (χ0) is 20.9. The molecule has 2 aromatic carbocycles. The van der Waals surface area contributed by atoms with Gasteiger partial charge in [-0.2, -0.15) is 5.10 Å². The molecule has 2 N–H and O–H groups in total. The fraction of sp³-hybridized carbons (Fsp3) is 0. The smallest absolute Gasteiger partial charge is 0.271 e. The molecule has 1 heterocycles. The summed E-state index contributed by atoms with van der Waals surface area (Å²) in [6.07, 6.45) is 1.35. The standard InChI is InChI=1S/C18H14N4O5S2/c23-18(20-19-12-13-3-9-16(10-4-13)22(24)25)14-5-7-15(8-6-14)21-29(26,27)17-2-1-11-28-17/h1-12,21H,(H,20,23). The number of nitrogens with one attached hydrogen (secondary N) is 2. The van der Waals surface area contributed by atoms with E-state index >= 15 is 0 Å². The second-order valence-electron chi connectivity index (χ2n) is 5.66. The minimum atomic E-state index is -3.65. The molecule has 0 saturated heterocycles. The molecule has 0 aliphatic rings. The Morgan fingerprint density at radius 1 is 1.07 bits per heavy atom. The van der Waals surface area contributed by atoms with Crippen LogP contribution in [0.5, 0.6) is 0 Å².